The van der Waals surface area contributed by atoms with E-state index in [9.17, 15) is 14.7 Å². The predicted molar refractivity (Wildman–Crippen MR) is 73.9 cm³/mol. The molecule has 0 amide bonds. The van der Waals surface area contributed by atoms with Crippen LogP contribution in [0, 0.1) is 17.8 Å². The van der Waals surface area contributed by atoms with Gasteiger partial charge < -0.3 is 10.1 Å². The first-order valence-corrected chi connectivity index (χ1v) is 7.53. The van der Waals surface area contributed by atoms with Gasteiger partial charge in [0.05, 0.1) is 0 Å². The minimum Gasteiger partial charge on any atom is -0.477 e. The molecular weight excluding hydrogens is 254 g/mol. The summed E-state index contributed by atoms with van der Waals surface area (Å²) in [5.74, 6) is 1.13. The highest BCUT2D eigenvalue weighted by atomic mass is 16.4. The van der Waals surface area contributed by atoms with Crippen molar-refractivity contribution in [3.05, 3.63) is 33.7 Å². The summed E-state index contributed by atoms with van der Waals surface area (Å²) < 4.78 is 0. The number of aromatic carboxylic acids is 1. The predicted octanol–water partition coefficient (Wildman–Crippen LogP) is 2.54. The molecule has 4 nitrogen and oxygen atoms in total. The molecule has 0 radical (unpaired) electrons. The van der Waals surface area contributed by atoms with Gasteiger partial charge in [0.15, 0.2) is 0 Å². The zero-order chi connectivity index (χ0) is 13.9. The Kier molecular flexibility index (Phi) is 2.41. The van der Waals surface area contributed by atoms with Crippen LogP contribution >= 0.6 is 0 Å². The quantitative estimate of drug-likeness (QED) is 0.870. The number of pyridine rings is 1. The van der Waals surface area contributed by atoms with Crippen LogP contribution in [0.2, 0.25) is 0 Å². The van der Waals surface area contributed by atoms with E-state index < -0.39 is 11.5 Å². The Labute approximate surface area is 117 Å². The summed E-state index contributed by atoms with van der Waals surface area (Å²) in [7, 11) is 0. The summed E-state index contributed by atoms with van der Waals surface area (Å²) in [4.78, 5) is 26.0. The average Bonchev–Trinajstić information content (AvgIpc) is 2.36. The molecule has 0 spiro atoms. The Morgan fingerprint density at radius 2 is 1.70 bits per heavy atom. The fourth-order valence-corrected chi connectivity index (χ4v) is 5.57. The second-order valence-corrected chi connectivity index (χ2v) is 7.10. The second-order valence-electron chi connectivity index (χ2n) is 7.10. The summed E-state index contributed by atoms with van der Waals surface area (Å²) in [6.07, 6.45) is 8.76. The average molecular weight is 273 g/mol. The molecule has 4 aliphatic carbocycles. The molecule has 1 aromatic rings. The van der Waals surface area contributed by atoms with Crippen LogP contribution in [0.3, 0.4) is 0 Å². The minimum atomic E-state index is -1.09. The van der Waals surface area contributed by atoms with Gasteiger partial charge in [-0.25, -0.2) is 4.79 Å². The van der Waals surface area contributed by atoms with Crippen LogP contribution in [-0.2, 0) is 5.41 Å². The fraction of sp³-hybridized carbons (Fsp3) is 0.625. The van der Waals surface area contributed by atoms with Gasteiger partial charge >= 0.3 is 5.97 Å². The molecule has 5 rings (SSSR count). The van der Waals surface area contributed by atoms with Crippen LogP contribution in [0.4, 0.5) is 0 Å². The summed E-state index contributed by atoms with van der Waals surface area (Å²) in [5.41, 5.74) is 0.282. The van der Waals surface area contributed by atoms with Crippen molar-refractivity contribution in [2.75, 3.05) is 0 Å². The van der Waals surface area contributed by atoms with E-state index in [1.165, 1.54) is 19.3 Å². The van der Waals surface area contributed by atoms with Crippen molar-refractivity contribution in [2.24, 2.45) is 17.8 Å². The molecule has 1 aromatic heterocycles. The van der Waals surface area contributed by atoms with Gasteiger partial charge in [-0.05, 0) is 73.3 Å². The van der Waals surface area contributed by atoms with E-state index in [4.69, 9.17) is 0 Å². The number of H-pyrrole nitrogens is 1. The maximum Gasteiger partial charge on any atom is 0.341 e. The van der Waals surface area contributed by atoms with Gasteiger partial charge in [0.1, 0.15) is 5.56 Å². The third-order valence-corrected chi connectivity index (χ3v) is 5.78. The van der Waals surface area contributed by atoms with E-state index in [1.807, 2.05) is 6.07 Å². The van der Waals surface area contributed by atoms with Gasteiger partial charge in [-0.1, -0.05) is 0 Å². The van der Waals surface area contributed by atoms with Gasteiger partial charge in [-0.2, -0.15) is 0 Å². The SMILES string of the molecule is O=C(O)c1c(C23CC4CC(CC(C4)C2)C3)cc[nH]c1=O. The second kappa shape index (κ2) is 3.96. The lowest BCUT2D eigenvalue weighted by Gasteiger charge is -2.57. The van der Waals surface area contributed by atoms with Gasteiger partial charge in [-0.3, -0.25) is 4.79 Å². The van der Waals surface area contributed by atoms with Crippen LogP contribution in [0.25, 0.3) is 0 Å². The number of hydrogen-bond donors (Lipinski definition) is 2. The highest BCUT2D eigenvalue weighted by Gasteiger charge is 2.52. The lowest BCUT2D eigenvalue weighted by atomic mass is 9.47. The summed E-state index contributed by atoms with van der Waals surface area (Å²) in [6, 6.07) is 1.85. The molecule has 0 unspecified atom stereocenters. The molecule has 4 bridgehead atoms. The molecule has 0 aromatic carbocycles. The van der Waals surface area contributed by atoms with Crippen molar-refractivity contribution in [3.63, 3.8) is 0 Å². The largest absolute Gasteiger partial charge is 0.477 e. The summed E-state index contributed by atoms with van der Waals surface area (Å²) in [6.45, 7) is 0. The molecule has 0 aliphatic heterocycles. The number of aromatic amines is 1. The van der Waals surface area contributed by atoms with Crippen molar-refractivity contribution in [1.82, 2.24) is 4.98 Å². The zero-order valence-corrected chi connectivity index (χ0v) is 11.4. The van der Waals surface area contributed by atoms with Crippen LogP contribution < -0.4 is 5.56 Å². The number of carboxylic acid groups (broad SMARTS) is 1. The van der Waals surface area contributed by atoms with Crippen molar-refractivity contribution in [3.8, 4) is 0 Å². The molecule has 4 aliphatic rings. The van der Waals surface area contributed by atoms with E-state index in [2.05, 4.69) is 4.98 Å². The number of nitrogens with one attached hydrogen (secondary N) is 1. The van der Waals surface area contributed by atoms with E-state index in [0.29, 0.717) is 0 Å². The third kappa shape index (κ3) is 1.60. The summed E-state index contributed by atoms with van der Waals surface area (Å²) in [5, 5.41) is 9.43. The molecule has 0 atom stereocenters. The Balaban J connectivity index is 1.87. The first-order chi connectivity index (χ1) is 9.57. The van der Waals surface area contributed by atoms with Crippen LogP contribution in [0.15, 0.2) is 17.1 Å². The Hall–Kier alpha value is -1.58. The number of aromatic nitrogens is 1. The molecule has 2 N–H and O–H groups in total. The standard InChI is InChI=1S/C16H19NO3/c18-14-13(15(19)20)12(1-2-17-14)16-6-9-3-10(7-16)5-11(4-9)8-16/h1-2,9-11H,3-8H2,(H,17,18)(H,19,20). The van der Waals surface area contributed by atoms with E-state index >= 15 is 0 Å². The van der Waals surface area contributed by atoms with Crippen LogP contribution in [-0.4, -0.2) is 16.1 Å². The van der Waals surface area contributed by atoms with E-state index in [-0.39, 0.29) is 11.0 Å². The Bertz CT molecular complexity index is 596. The topological polar surface area (TPSA) is 70.2 Å². The first-order valence-electron chi connectivity index (χ1n) is 7.53. The zero-order valence-electron chi connectivity index (χ0n) is 11.4. The molecule has 106 valence electrons. The van der Waals surface area contributed by atoms with E-state index in [1.54, 1.807) is 6.20 Å². The lowest BCUT2D eigenvalue weighted by molar-refractivity contribution is -0.00592. The maximum atomic E-state index is 11.9. The van der Waals surface area contributed by atoms with Gasteiger partial charge in [0.2, 0.25) is 0 Å². The third-order valence-electron chi connectivity index (χ3n) is 5.78. The van der Waals surface area contributed by atoms with E-state index in [0.717, 1.165) is 42.6 Å². The van der Waals surface area contributed by atoms with Crippen molar-refractivity contribution < 1.29 is 9.90 Å². The fourth-order valence-electron chi connectivity index (χ4n) is 5.57. The smallest absolute Gasteiger partial charge is 0.341 e. The molecule has 1 heterocycles. The van der Waals surface area contributed by atoms with Crippen LogP contribution in [0.5, 0.6) is 0 Å². The number of rotatable bonds is 2. The maximum absolute atomic E-state index is 11.9. The number of carboxylic acids is 1. The Morgan fingerprint density at radius 1 is 1.15 bits per heavy atom. The van der Waals surface area contributed by atoms with Crippen molar-refractivity contribution in [2.45, 2.75) is 43.9 Å². The normalized spacial score (nSPS) is 38.1. The molecular formula is C16H19NO3. The van der Waals surface area contributed by atoms with Gasteiger partial charge in [-0.15, -0.1) is 0 Å². The number of carbonyl (C=O) groups is 1. The van der Waals surface area contributed by atoms with Crippen LogP contribution in [0.1, 0.15) is 54.4 Å². The number of hydrogen-bond acceptors (Lipinski definition) is 2. The van der Waals surface area contributed by atoms with Gasteiger partial charge in [0, 0.05) is 6.20 Å². The summed E-state index contributed by atoms with van der Waals surface area (Å²) >= 11 is 0. The van der Waals surface area contributed by atoms with Gasteiger partial charge in [0.25, 0.3) is 5.56 Å². The molecule has 20 heavy (non-hydrogen) atoms. The molecule has 4 saturated carbocycles. The Morgan fingerprint density at radius 3 is 2.20 bits per heavy atom. The molecule has 4 fully saturated rings. The monoisotopic (exact) mass is 273 g/mol. The highest BCUT2D eigenvalue weighted by molar-refractivity contribution is 5.89. The first kappa shape index (κ1) is 12.2. The van der Waals surface area contributed by atoms with Crippen molar-refractivity contribution >= 4 is 5.97 Å². The molecule has 0 saturated heterocycles. The van der Waals surface area contributed by atoms with Crippen molar-refractivity contribution in [1.29, 1.82) is 0 Å². The lowest BCUT2D eigenvalue weighted by Crippen LogP contribution is -2.49. The highest BCUT2D eigenvalue weighted by Crippen LogP contribution is 2.60. The minimum absolute atomic E-state index is 0.0190. The molecule has 4 heteroatoms.